The Labute approximate surface area is 138 Å². The second-order valence-electron chi connectivity index (χ2n) is 5.34. The first kappa shape index (κ1) is 15.6. The highest BCUT2D eigenvalue weighted by molar-refractivity contribution is 5.87. The molecule has 0 atom stereocenters. The average molecular weight is 321 g/mol. The molecule has 0 radical (unpaired) electrons. The summed E-state index contributed by atoms with van der Waals surface area (Å²) in [5.74, 6) is -0.972. The zero-order chi connectivity index (χ0) is 16.9. The lowest BCUT2D eigenvalue weighted by molar-refractivity contribution is 0.0696. The molecule has 0 fully saturated rings. The Morgan fingerprint density at radius 2 is 1.96 bits per heavy atom. The standard InChI is InChI=1S/C18H15N3O3/c22-17-3-1-2-8-21(17)12-15-5-4-13(11-20-15)9-16-10-14(18(23)24)6-7-19-16/h1-8,10-11H,9,12H2,(H,23,24). The number of carboxylic acid groups (broad SMARTS) is 1. The molecule has 3 heterocycles. The summed E-state index contributed by atoms with van der Waals surface area (Å²) in [5, 5.41) is 9.01. The number of aromatic carboxylic acids is 1. The summed E-state index contributed by atoms with van der Waals surface area (Å²) >= 11 is 0. The molecule has 0 saturated carbocycles. The van der Waals surface area contributed by atoms with Crippen LogP contribution in [0.1, 0.15) is 27.3 Å². The molecule has 0 aromatic carbocycles. The molecule has 0 aliphatic carbocycles. The van der Waals surface area contributed by atoms with Gasteiger partial charge in [0.05, 0.1) is 17.8 Å². The molecule has 0 aliphatic heterocycles. The topological polar surface area (TPSA) is 85.1 Å². The molecule has 0 saturated heterocycles. The van der Waals surface area contributed by atoms with Crippen LogP contribution in [0.2, 0.25) is 0 Å². The number of pyridine rings is 3. The number of carbonyl (C=O) groups is 1. The minimum Gasteiger partial charge on any atom is -0.478 e. The summed E-state index contributed by atoms with van der Waals surface area (Å²) in [4.78, 5) is 31.2. The molecule has 120 valence electrons. The van der Waals surface area contributed by atoms with Crippen LogP contribution in [0.5, 0.6) is 0 Å². The van der Waals surface area contributed by atoms with Crippen molar-refractivity contribution in [3.8, 4) is 0 Å². The van der Waals surface area contributed by atoms with E-state index in [-0.39, 0.29) is 11.1 Å². The first-order valence-corrected chi connectivity index (χ1v) is 7.39. The maximum atomic E-state index is 11.7. The smallest absolute Gasteiger partial charge is 0.335 e. The van der Waals surface area contributed by atoms with Gasteiger partial charge in [0.15, 0.2) is 0 Å². The quantitative estimate of drug-likeness (QED) is 0.776. The van der Waals surface area contributed by atoms with Gasteiger partial charge in [-0.2, -0.15) is 0 Å². The van der Waals surface area contributed by atoms with Gasteiger partial charge in [-0.05, 0) is 29.8 Å². The Morgan fingerprint density at radius 3 is 2.67 bits per heavy atom. The summed E-state index contributed by atoms with van der Waals surface area (Å²) in [6.07, 6.45) is 5.43. The highest BCUT2D eigenvalue weighted by Crippen LogP contribution is 2.09. The number of hydrogen-bond acceptors (Lipinski definition) is 4. The van der Waals surface area contributed by atoms with Gasteiger partial charge in [0.25, 0.3) is 5.56 Å². The van der Waals surface area contributed by atoms with E-state index < -0.39 is 5.97 Å². The van der Waals surface area contributed by atoms with Crippen molar-refractivity contribution < 1.29 is 9.90 Å². The third-order valence-electron chi connectivity index (χ3n) is 3.57. The average Bonchev–Trinajstić information content (AvgIpc) is 2.59. The van der Waals surface area contributed by atoms with Crippen LogP contribution in [0.4, 0.5) is 0 Å². The van der Waals surface area contributed by atoms with E-state index in [9.17, 15) is 9.59 Å². The lowest BCUT2D eigenvalue weighted by Crippen LogP contribution is -2.18. The van der Waals surface area contributed by atoms with Crippen molar-refractivity contribution in [3.63, 3.8) is 0 Å². The van der Waals surface area contributed by atoms with Crippen molar-refractivity contribution in [1.82, 2.24) is 14.5 Å². The zero-order valence-electron chi connectivity index (χ0n) is 12.8. The van der Waals surface area contributed by atoms with Crippen LogP contribution in [0.25, 0.3) is 0 Å². The molecular formula is C18H15N3O3. The summed E-state index contributed by atoms with van der Waals surface area (Å²) in [5.41, 5.74) is 2.52. The van der Waals surface area contributed by atoms with Crippen LogP contribution in [-0.4, -0.2) is 25.6 Å². The molecule has 0 bridgehead atoms. The monoisotopic (exact) mass is 321 g/mol. The number of nitrogens with zero attached hydrogens (tertiary/aromatic N) is 3. The number of hydrogen-bond donors (Lipinski definition) is 1. The number of carboxylic acids is 1. The Hall–Kier alpha value is -3.28. The predicted molar refractivity (Wildman–Crippen MR) is 88.0 cm³/mol. The van der Waals surface area contributed by atoms with Crippen LogP contribution in [0, 0.1) is 0 Å². The highest BCUT2D eigenvalue weighted by Gasteiger charge is 2.06. The van der Waals surface area contributed by atoms with Crippen LogP contribution in [0.15, 0.2) is 65.8 Å². The molecule has 3 aromatic rings. The Morgan fingerprint density at radius 1 is 1.08 bits per heavy atom. The summed E-state index contributed by atoms with van der Waals surface area (Å²) in [6.45, 7) is 0.409. The third kappa shape index (κ3) is 3.73. The fraction of sp³-hybridized carbons (Fsp3) is 0.111. The Kier molecular flexibility index (Phi) is 4.47. The second-order valence-corrected chi connectivity index (χ2v) is 5.34. The Bertz CT molecular complexity index is 917. The summed E-state index contributed by atoms with van der Waals surface area (Å²) < 4.78 is 1.58. The van der Waals surface area contributed by atoms with Gasteiger partial charge in [0.1, 0.15) is 0 Å². The molecule has 3 aromatic heterocycles. The molecule has 1 N–H and O–H groups in total. The van der Waals surface area contributed by atoms with Gasteiger partial charge >= 0.3 is 5.97 Å². The van der Waals surface area contributed by atoms with Crippen LogP contribution < -0.4 is 5.56 Å². The molecule has 0 spiro atoms. The third-order valence-corrected chi connectivity index (χ3v) is 3.57. The molecule has 0 amide bonds. The summed E-state index contributed by atoms with van der Waals surface area (Å²) in [6, 6.07) is 11.8. The van der Waals surface area contributed by atoms with Gasteiger partial charge in [-0.25, -0.2) is 4.79 Å². The van der Waals surface area contributed by atoms with E-state index in [0.29, 0.717) is 18.7 Å². The normalized spacial score (nSPS) is 10.5. The first-order chi connectivity index (χ1) is 11.6. The highest BCUT2D eigenvalue weighted by atomic mass is 16.4. The van der Waals surface area contributed by atoms with E-state index in [4.69, 9.17) is 5.11 Å². The molecule has 3 rings (SSSR count). The van der Waals surface area contributed by atoms with Crippen molar-refractivity contribution in [2.24, 2.45) is 0 Å². The second kappa shape index (κ2) is 6.87. The van der Waals surface area contributed by atoms with E-state index in [1.165, 1.54) is 18.3 Å². The van der Waals surface area contributed by atoms with Crippen molar-refractivity contribution >= 4 is 5.97 Å². The van der Waals surface area contributed by atoms with Crippen LogP contribution in [0.3, 0.4) is 0 Å². The van der Waals surface area contributed by atoms with Crippen LogP contribution >= 0.6 is 0 Å². The molecule has 6 nitrogen and oxygen atoms in total. The zero-order valence-corrected chi connectivity index (χ0v) is 12.8. The predicted octanol–water partition coefficient (Wildman–Crippen LogP) is 1.98. The van der Waals surface area contributed by atoms with E-state index in [0.717, 1.165) is 11.3 Å². The van der Waals surface area contributed by atoms with Crippen molar-refractivity contribution in [1.29, 1.82) is 0 Å². The maximum Gasteiger partial charge on any atom is 0.335 e. The van der Waals surface area contributed by atoms with E-state index in [1.54, 1.807) is 35.2 Å². The van der Waals surface area contributed by atoms with Gasteiger partial charge in [-0.1, -0.05) is 12.1 Å². The number of rotatable bonds is 5. The van der Waals surface area contributed by atoms with Crippen molar-refractivity contribution in [2.75, 3.05) is 0 Å². The van der Waals surface area contributed by atoms with Gasteiger partial charge in [-0.3, -0.25) is 14.8 Å². The minimum absolute atomic E-state index is 0.0712. The fourth-order valence-electron chi connectivity index (χ4n) is 2.34. The lowest BCUT2D eigenvalue weighted by Gasteiger charge is -2.06. The van der Waals surface area contributed by atoms with Gasteiger partial charge in [0, 0.05) is 36.8 Å². The van der Waals surface area contributed by atoms with E-state index >= 15 is 0 Å². The SMILES string of the molecule is O=C(O)c1ccnc(Cc2ccc(Cn3ccccc3=O)nc2)c1. The largest absolute Gasteiger partial charge is 0.478 e. The lowest BCUT2D eigenvalue weighted by atomic mass is 10.1. The van der Waals surface area contributed by atoms with E-state index in [1.807, 2.05) is 12.1 Å². The fourth-order valence-corrected chi connectivity index (χ4v) is 2.34. The van der Waals surface area contributed by atoms with Gasteiger partial charge < -0.3 is 9.67 Å². The van der Waals surface area contributed by atoms with Gasteiger partial charge in [0.2, 0.25) is 0 Å². The Balaban J connectivity index is 1.73. The minimum atomic E-state index is -0.972. The maximum absolute atomic E-state index is 11.7. The molecule has 6 heteroatoms. The summed E-state index contributed by atoms with van der Waals surface area (Å²) in [7, 11) is 0. The first-order valence-electron chi connectivity index (χ1n) is 7.39. The molecule has 0 unspecified atom stereocenters. The molecule has 0 aliphatic rings. The van der Waals surface area contributed by atoms with Crippen LogP contribution in [-0.2, 0) is 13.0 Å². The van der Waals surface area contributed by atoms with Crippen molar-refractivity contribution in [3.05, 3.63) is 93.9 Å². The molecular weight excluding hydrogens is 306 g/mol. The number of aromatic nitrogens is 3. The van der Waals surface area contributed by atoms with Crippen molar-refractivity contribution in [2.45, 2.75) is 13.0 Å². The van der Waals surface area contributed by atoms with Gasteiger partial charge in [-0.15, -0.1) is 0 Å². The molecule has 24 heavy (non-hydrogen) atoms. The van der Waals surface area contributed by atoms with E-state index in [2.05, 4.69) is 9.97 Å².